The predicted octanol–water partition coefficient (Wildman–Crippen LogP) is 2.79. The number of aromatic hydroxyl groups is 1. The zero-order valence-corrected chi connectivity index (χ0v) is 17.4. The first-order valence-electron chi connectivity index (χ1n) is 10.7. The number of amides is 2. The fourth-order valence-corrected chi connectivity index (χ4v) is 4.28. The number of carbonyl (C=O) groups is 2. The summed E-state index contributed by atoms with van der Waals surface area (Å²) >= 11 is 0. The van der Waals surface area contributed by atoms with Crippen molar-refractivity contribution in [3.8, 4) is 5.75 Å². The Balaban J connectivity index is 1.39. The molecule has 0 aliphatic heterocycles. The standard InChI is InChI=1S/C24H28N2O5/c27-19-6-3-4-17(12-19)15-26(31)23(30)11-10-22(29)25(14-16-8-9-16)24-20-7-2-1-5-18(20)13-21(24)28/h1-7,12,16,21,24,27-28,31H,8-11,13-15H2/t21-,24+/m1/s1. The Hall–Kier alpha value is -2.90. The lowest BCUT2D eigenvalue weighted by Gasteiger charge is -2.32. The molecular formula is C24H28N2O5. The molecular weight excluding hydrogens is 396 g/mol. The molecule has 7 nitrogen and oxygen atoms in total. The van der Waals surface area contributed by atoms with E-state index in [-0.39, 0.29) is 31.0 Å². The molecule has 4 rings (SSSR count). The van der Waals surface area contributed by atoms with Gasteiger partial charge in [-0.3, -0.25) is 14.8 Å². The number of benzene rings is 2. The normalized spacial score (nSPS) is 19.7. The Morgan fingerprint density at radius 2 is 1.74 bits per heavy atom. The van der Waals surface area contributed by atoms with Crippen LogP contribution in [0.2, 0.25) is 0 Å². The maximum absolute atomic E-state index is 13.1. The summed E-state index contributed by atoms with van der Waals surface area (Å²) in [6.45, 7) is 0.511. The number of aliphatic hydroxyl groups is 1. The van der Waals surface area contributed by atoms with Gasteiger partial charge in [-0.15, -0.1) is 0 Å². The van der Waals surface area contributed by atoms with E-state index in [1.54, 1.807) is 17.0 Å². The van der Waals surface area contributed by atoms with Gasteiger partial charge in [-0.2, -0.15) is 0 Å². The van der Waals surface area contributed by atoms with Gasteiger partial charge >= 0.3 is 0 Å². The van der Waals surface area contributed by atoms with Gasteiger partial charge in [0.05, 0.1) is 18.7 Å². The molecule has 0 radical (unpaired) electrons. The second-order valence-electron chi connectivity index (χ2n) is 8.53. The minimum absolute atomic E-state index is 0.0337. The molecule has 31 heavy (non-hydrogen) atoms. The highest BCUT2D eigenvalue weighted by Gasteiger charge is 2.39. The SMILES string of the molecule is O=C(CCC(=O)N(CC1CC1)[C@H]1c2ccccc2C[C@H]1O)N(O)Cc1cccc(O)c1. The molecule has 0 aromatic heterocycles. The number of aliphatic hydroxyl groups excluding tert-OH is 1. The first-order chi connectivity index (χ1) is 14.9. The van der Waals surface area contributed by atoms with E-state index in [0.29, 0.717) is 29.5 Å². The lowest BCUT2D eigenvalue weighted by atomic mass is 10.0. The molecule has 0 bridgehead atoms. The minimum atomic E-state index is -0.657. The van der Waals surface area contributed by atoms with E-state index in [9.17, 15) is 25.0 Å². The molecule has 2 amide bonds. The van der Waals surface area contributed by atoms with Crippen molar-refractivity contribution in [2.45, 2.75) is 50.8 Å². The largest absolute Gasteiger partial charge is 0.508 e. The Labute approximate surface area is 181 Å². The number of phenols is 1. The van der Waals surface area contributed by atoms with Crippen molar-refractivity contribution < 1.29 is 25.0 Å². The number of fused-ring (bicyclic) bond motifs is 1. The number of hydroxylamine groups is 2. The second kappa shape index (κ2) is 9.08. The van der Waals surface area contributed by atoms with Gasteiger partial charge in [0.15, 0.2) is 0 Å². The lowest BCUT2D eigenvalue weighted by molar-refractivity contribution is -0.169. The Morgan fingerprint density at radius 1 is 1.00 bits per heavy atom. The van der Waals surface area contributed by atoms with Crippen LogP contribution in [0.25, 0.3) is 0 Å². The van der Waals surface area contributed by atoms with Crippen molar-refractivity contribution >= 4 is 11.8 Å². The summed E-state index contributed by atoms with van der Waals surface area (Å²) in [5.41, 5.74) is 2.61. The molecule has 2 atom stereocenters. The van der Waals surface area contributed by atoms with Gasteiger partial charge in [-0.1, -0.05) is 36.4 Å². The van der Waals surface area contributed by atoms with Crippen LogP contribution in [0.3, 0.4) is 0 Å². The van der Waals surface area contributed by atoms with Crippen LogP contribution in [0.1, 0.15) is 48.4 Å². The third-order valence-electron chi connectivity index (χ3n) is 6.06. The van der Waals surface area contributed by atoms with Crippen molar-refractivity contribution in [2.75, 3.05) is 6.54 Å². The van der Waals surface area contributed by atoms with Crippen LogP contribution in [-0.2, 0) is 22.6 Å². The molecule has 2 aromatic carbocycles. The topological polar surface area (TPSA) is 101 Å². The van der Waals surface area contributed by atoms with Crippen molar-refractivity contribution in [3.63, 3.8) is 0 Å². The minimum Gasteiger partial charge on any atom is -0.508 e. The van der Waals surface area contributed by atoms with E-state index in [2.05, 4.69) is 0 Å². The quantitative estimate of drug-likeness (QED) is 0.447. The highest BCUT2D eigenvalue weighted by atomic mass is 16.5. The molecule has 1 fully saturated rings. The van der Waals surface area contributed by atoms with Crippen molar-refractivity contribution in [2.24, 2.45) is 5.92 Å². The molecule has 3 N–H and O–H groups in total. The predicted molar refractivity (Wildman–Crippen MR) is 113 cm³/mol. The van der Waals surface area contributed by atoms with Crippen LogP contribution in [0.4, 0.5) is 0 Å². The lowest BCUT2D eigenvalue weighted by Crippen LogP contribution is -2.41. The molecule has 1 saturated carbocycles. The number of carbonyl (C=O) groups excluding carboxylic acids is 2. The van der Waals surface area contributed by atoms with Crippen LogP contribution >= 0.6 is 0 Å². The average molecular weight is 424 g/mol. The monoisotopic (exact) mass is 424 g/mol. The van der Waals surface area contributed by atoms with Crippen LogP contribution in [0.5, 0.6) is 5.75 Å². The van der Waals surface area contributed by atoms with Crippen LogP contribution in [0, 0.1) is 5.92 Å². The third-order valence-corrected chi connectivity index (χ3v) is 6.06. The summed E-state index contributed by atoms with van der Waals surface area (Å²) in [5.74, 6) is -0.249. The van der Waals surface area contributed by atoms with E-state index in [0.717, 1.165) is 24.0 Å². The fraction of sp³-hybridized carbons (Fsp3) is 0.417. The number of nitrogens with zero attached hydrogens (tertiary/aromatic N) is 2. The first kappa shape index (κ1) is 21.3. The van der Waals surface area contributed by atoms with E-state index in [4.69, 9.17) is 0 Å². The average Bonchev–Trinajstić information content (AvgIpc) is 3.50. The highest BCUT2D eigenvalue weighted by molar-refractivity contribution is 5.83. The summed E-state index contributed by atoms with van der Waals surface area (Å²) in [7, 11) is 0. The maximum atomic E-state index is 13.1. The molecule has 2 aromatic rings. The Bertz CT molecular complexity index is 958. The van der Waals surface area contributed by atoms with Gasteiger partial charge in [0, 0.05) is 25.8 Å². The summed E-state index contributed by atoms with van der Waals surface area (Å²) in [6.07, 6.45) is 1.84. The highest BCUT2D eigenvalue weighted by Crippen LogP contribution is 2.39. The molecule has 0 unspecified atom stereocenters. The van der Waals surface area contributed by atoms with Gasteiger partial charge in [0.1, 0.15) is 5.75 Å². The Kier molecular flexibility index (Phi) is 6.25. The van der Waals surface area contributed by atoms with E-state index < -0.39 is 18.1 Å². The first-order valence-corrected chi connectivity index (χ1v) is 10.7. The van der Waals surface area contributed by atoms with Crippen LogP contribution in [-0.4, -0.2) is 49.8 Å². The van der Waals surface area contributed by atoms with Gasteiger partial charge in [-0.05, 0) is 47.6 Å². The van der Waals surface area contributed by atoms with E-state index >= 15 is 0 Å². The summed E-state index contributed by atoms with van der Waals surface area (Å²) in [5, 5.41) is 30.9. The van der Waals surface area contributed by atoms with Gasteiger partial charge in [0.25, 0.3) is 0 Å². The number of hydrogen-bond donors (Lipinski definition) is 3. The number of phenolic OH excluding ortho intramolecular Hbond substituents is 1. The molecule has 0 saturated heterocycles. The second-order valence-corrected chi connectivity index (χ2v) is 8.53. The molecule has 0 spiro atoms. The van der Waals surface area contributed by atoms with Crippen molar-refractivity contribution in [3.05, 3.63) is 65.2 Å². The number of hydrogen-bond acceptors (Lipinski definition) is 5. The molecule has 0 heterocycles. The number of rotatable bonds is 8. The van der Waals surface area contributed by atoms with E-state index in [1.807, 2.05) is 24.3 Å². The van der Waals surface area contributed by atoms with Crippen LogP contribution < -0.4 is 0 Å². The molecule has 7 heteroatoms. The molecule has 2 aliphatic rings. The zero-order chi connectivity index (χ0) is 22.0. The third kappa shape index (κ3) is 5.06. The summed E-state index contributed by atoms with van der Waals surface area (Å²) in [4.78, 5) is 27.2. The maximum Gasteiger partial charge on any atom is 0.246 e. The zero-order valence-electron chi connectivity index (χ0n) is 17.4. The van der Waals surface area contributed by atoms with Crippen molar-refractivity contribution in [1.29, 1.82) is 0 Å². The van der Waals surface area contributed by atoms with Gasteiger partial charge in [-0.25, -0.2) is 5.06 Å². The van der Waals surface area contributed by atoms with Gasteiger partial charge < -0.3 is 15.1 Å². The Morgan fingerprint density at radius 3 is 2.48 bits per heavy atom. The summed E-state index contributed by atoms with van der Waals surface area (Å²) in [6, 6.07) is 13.7. The van der Waals surface area contributed by atoms with E-state index in [1.165, 1.54) is 12.1 Å². The fourth-order valence-electron chi connectivity index (χ4n) is 4.28. The van der Waals surface area contributed by atoms with Crippen molar-refractivity contribution in [1.82, 2.24) is 9.96 Å². The molecule has 164 valence electrons. The van der Waals surface area contributed by atoms with Gasteiger partial charge in [0.2, 0.25) is 11.8 Å². The smallest absolute Gasteiger partial charge is 0.246 e. The van der Waals surface area contributed by atoms with Crippen LogP contribution in [0.15, 0.2) is 48.5 Å². The molecule has 2 aliphatic carbocycles. The summed E-state index contributed by atoms with van der Waals surface area (Å²) < 4.78 is 0.